The van der Waals surface area contributed by atoms with Crippen molar-refractivity contribution >= 4 is 22.6 Å². The van der Waals surface area contributed by atoms with Crippen LogP contribution in [0.15, 0.2) is 36.4 Å². The van der Waals surface area contributed by atoms with Gasteiger partial charge in [0.2, 0.25) is 0 Å². The number of aromatic nitrogens is 2. The Kier molecular flexibility index (Phi) is 5.95. The maximum Gasteiger partial charge on any atom is 0.141 e. The summed E-state index contributed by atoms with van der Waals surface area (Å²) in [5, 5.41) is 24.4. The zero-order chi connectivity index (χ0) is 23.2. The first-order valence-corrected chi connectivity index (χ1v) is 12.3. The van der Waals surface area contributed by atoms with Crippen LogP contribution in [-0.4, -0.2) is 27.2 Å². The Morgan fingerprint density at radius 1 is 1.12 bits per heavy atom. The summed E-state index contributed by atoms with van der Waals surface area (Å²) in [5.74, 6) is 1.33. The molecule has 5 rings (SSSR count). The summed E-state index contributed by atoms with van der Waals surface area (Å²) in [6.45, 7) is 4.63. The topological polar surface area (TPSA) is 73.9 Å². The van der Waals surface area contributed by atoms with Gasteiger partial charge < -0.3 is 15.0 Å². The lowest BCUT2D eigenvalue weighted by atomic mass is 9.90. The summed E-state index contributed by atoms with van der Waals surface area (Å²) >= 11 is 6.20. The molecule has 2 aromatic carbocycles. The highest BCUT2D eigenvalue weighted by atomic mass is 35.5. The molecule has 0 bridgehead atoms. The minimum atomic E-state index is -1.01. The van der Waals surface area contributed by atoms with Gasteiger partial charge in [0.15, 0.2) is 0 Å². The van der Waals surface area contributed by atoms with Crippen LogP contribution in [-0.2, 0) is 18.4 Å². The predicted octanol–water partition coefficient (Wildman–Crippen LogP) is 5.28. The number of hydrogen-bond acceptors (Lipinski definition) is 4. The molecule has 1 atom stereocenters. The number of aliphatic hydroxyl groups is 1. The molecule has 2 N–H and O–H groups in total. The third-order valence-electron chi connectivity index (χ3n) is 7.31. The van der Waals surface area contributed by atoms with Crippen molar-refractivity contribution in [2.75, 3.05) is 6.54 Å². The molecule has 0 radical (unpaired) electrons. The first-order valence-electron chi connectivity index (χ1n) is 12.0. The van der Waals surface area contributed by atoms with Crippen molar-refractivity contribution in [2.24, 2.45) is 5.92 Å². The fourth-order valence-corrected chi connectivity index (χ4v) is 5.83. The van der Waals surface area contributed by atoms with E-state index in [-0.39, 0.29) is 0 Å². The monoisotopic (exact) mass is 462 g/mol. The largest absolute Gasteiger partial charge is 0.383 e. The van der Waals surface area contributed by atoms with Crippen LogP contribution < -0.4 is 5.32 Å². The Morgan fingerprint density at radius 3 is 2.61 bits per heavy atom. The van der Waals surface area contributed by atoms with E-state index in [0.717, 1.165) is 67.5 Å². The first kappa shape index (κ1) is 22.4. The predicted molar refractivity (Wildman–Crippen MR) is 131 cm³/mol. The average molecular weight is 463 g/mol. The number of rotatable bonds is 5. The number of nitriles is 1. The van der Waals surface area contributed by atoms with Gasteiger partial charge in [0, 0.05) is 17.1 Å². The van der Waals surface area contributed by atoms with E-state index < -0.39 is 5.60 Å². The summed E-state index contributed by atoms with van der Waals surface area (Å²) in [7, 11) is 0. The van der Waals surface area contributed by atoms with Crippen molar-refractivity contribution in [1.29, 1.82) is 5.26 Å². The van der Waals surface area contributed by atoms with Gasteiger partial charge in [0.25, 0.3) is 0 Å². The molecule has 1 aromatic heterocycles. The summed E-state index contributed by atoms with van der Waals surface area (Å²) in [6, 6.07) is 15.0. The number of nitrogens with zero attached hydrogens (tertiary/aromatic N) is 3. The zero-order valence-electron chi connectivity index (χ0n) is 19.3. The molecule has 0 spiro atoms. The fraction of sp³-hybridized carbons (Fsp3) is 0.481. The molecule has 3 aromatic rings. The Bertz CT molecular complexity index is 1210. The van der Waals surface area contributed by atoms with E-state index in [2.05, 4.69) is 28.1 Å². The smallest absolute Gasteiger partial charge is 0.141 e. The van der Waals surface area contributed by atoms with E-state index in [1.165, 1.54) is 11.1 Å². The summed E-state index contributed by atoms with van der Waals surface area (Å²) < 4.78 is 2.25. The first-order chi connectivity index (χ1) is 15.8. The number of hydrogen-bond donors (Lipinski definition) is 2. The zero-order valence-corrected chi connectivity index (χ0v) is 20.1. The van der Waals surface area contributed by atoms with E-state index in [1.807, 2.05) is 24.3 Å². The van der Waals surface area contributed by atoms with Crippen molar-refractivity contribution in [2.45, 2.75) is 70.1 Å². The van der Waals surface area contributed by atoms with Crippen LogP contribution in [0.5, 0.6) is 0 Å². The molecule has 1 saturated carbocycles. The van der Waals surface area contributed by atoms with Gasteiger partial charge in [0.1, 0.15) is 11.4 Å². The van der Waals surface area contributed by atoms with E-state index >= 15 is 0 Å². The molecule has 33 heavy (non-hydrogen) atoms. The standard InChI is InChI=1S/C27H31ClN4O/c1-27(2,33)26-31-24-14-21(28)5-10-25(24)32(26)23-8-6-22(7-9-23)30-16-18-12-19-4-3-17(15-29)11-20(19)13-18/h3-5,10-11,14,18,22-23,30,33H,6-9,12-13,16H2,1-2H3/t18-,22?,23?/m0/s1. The average Bonchev–Trinajstić information content (AvgIpc) is 3.38. The third-order valence-corrected chi connectivity index (χ3v) is 7.54. The molecular weight excluding hydrogens is 432 g/mol. The lowest BCUT2D eigenvalue weighted by molar-refractivity contribution is 0.0620. The van der Waals surface area contributed by atoms with Gasteiger partial charge in [-0.1, -0.05) is 17.7 Å². The maximum absolute atomic E-state index is 10.8. The number of benzene rings is 2. The van der Waals surface area contributed by atoms with E-state index in [4.69, 9.17) is 21.8 Å². The molecule has 0 amide bonds. The van der Waals surface area contributed by atoms with Crippen LogP contribution in [0.25, 0.3) is 11.0 Å². The van der Waals surface area contributed by atoms with Crippen LogP contribution >= 0.6 is 11.6 Å². The van der Waals surface area contributed by atoms with Gasteiger partial charge in [0.05, 0.1) is 22.7 Å². The number of nitrogens with one attached hydrogen (secondary N) is 1. The molecule has 1 fully saturated rings. The van der Waals surface area contributed by atoms with Gasteiger partial charge in [-0.3, -0.25) is 0 Å². The number of imidazole rings is 1. The minimum absolute atomic E-state index is 0.329. The van der Waals surface area contributed by atoms with E-state index in [0.29, 0.717) is 23.0 Å². The van der Waals surface area contributed by atoms with Gasteiger partial charge >= 0.3 is 0 Å². The van der Waals surface area contributed by atoms with Crippen molar-refractivity contribution < 1.29 is 5.11 Å². The highest BCUT2D eigenvalue weighted by molar-refractivity contribution is 6.31. The summed E-state index contributed by atoms with van der Waals surface area (Å²) in [6.07, 6.45) is 6.51. The quantitative estimate of drug-likeness (QED) is 0.541. The van der Waals surface area contributed by atoms with Crippen molar-refractivity contribution in [1.82, 2.24) is 14.9 Å². The van der Waals surface area contributed by atoms with Crippen LogP contribution in [0.4, 0.5) is 0 Å². The molecule has 5 nitrogen and oxygen atoms in total. The molecule has 0 saturated heterocycles. The van der Waals surface area contributed by atoms with Crippen molar-refractivity contribution in [3.05, 3.63) is 63.9 Å². The second-order valence-corrected chi connectivity index (χ2v) is 10.7. The number of fused-ring (bicyclic) bond motifs is 2. The second kappa shape index (κ2) is 8.76. The molecule has 6 heteroatoms. The molecular formula is C27H31ClN4O. The third kappa shape index (κ3) is 4.53. The second-order valence-electron chi connectivity index (χ2n) is 10.3. The Labute approximate surface area is 200 Å². The molecule has 172 valence electrons. The Hall–Kier alpha value is -2.39. The van der Waals surface area contributed by atoms with E-state index in [9.17, 15) is 5.11 Å². The lowest BCUT2D eigenvalue weighted by Gasteiger charge is -2.33. The SMILES string of the molecule is CC(C)(O)c1nc2cc(Cl)ccc2n1C1CCC(NC[C@H]2Cc3ccc(C#N)cc3C2)CC1. The Balaban J connectivity index is 1.22. The van der Waals surface area contributed by atoms with Crippen molar-refractivity contribution in [3.8, 4) is 6.07 Å². The van der Waals surface area contributed by atoms with Gasteiger partial charge in [-0.25, -0.2) is 4.98 Å². The molecule has 2 aliphatic carbocycles. The summed E-state index contributed by atoms with van der Waals surface area (Å²) in [5.41, 5.74) is 4.39. The van der Waals surface area contributed by atoms with Crippen molar-refractivity contribution in [3.63, 3.8) is 0 Å². The lowest BCUT2D eigenvalue weighted by Crippen LogP contribution is -2.37. The van der Waals surface area contributed by atoms with Crippen LogP contribution in [0.3, 0.4) is 0 Å². The molecule has 2 aliphatic rings. The molecule has 0 aliphatic heterocycles. The Morgan fingerprint density at radius 2 is 1.88 bits per heavy atom. The minimum Gasteiger partial charge on any atom is -0.383 e. The van der Waals surface area contributed by atoms with E-state index in [1.54, 1.807) is 13.8 Å². The van der Waals surface area contributed by atoms with Gasteiger partial charge in [-0.05, 0) is 106 Å². The normalized spacial score (nSPS) is 22.9. The fourth-order valence-electron chi connectivity index (χ4n) is 5.67. The maximum atomic E-state index is 10.8. The van der Waals surface area contributed by atoms with Crippen LogP contribution in [0.1, 0.15) is 68.1 Å². The van der Waals surface area contributed by atoms with Gasteiger partial charge in [-0.15, -0.1) is 0 Å². The molecule has 0 unspecified atom stereocenters. The van der Waals surface area contributed by atoms with Crippen LogP contribution in [0.2, 0.25) is 5.02 Å². The summed E-state index contributed by atoms with van der Waals surface area (Å²) in [4.78, 5) is 4.75. The molecule has 1 heterocycles. The number of halogens is 1. The highest BCUT2D eigenvalue weighted by Gasteiger charge is 2.31. The van der Waals surface area contributed by atoms with Gasteiger partial charge in [-0.2, -0.15) is 5.26 Å². The van der Waals surface area contributed by atoms with Crippen LogP contribution in [0, 0.1) is 17.2 Å². The highest BCUT2D eigenvalue weighted by Crippen LogP contribution is 2.36.